The van der Waals surface area contributed by atoms with Crippen LogP contribution in [0.25, 0.3) is 11.0 Å². The topological polar surface area (TPSA) is 66.9 Å². The highest BCUT2D eigenvalue weighted by Crippen LogP contribution is 2.27. The van der Waals surface area contributed by atoms with Gasteiger partial charge in [0.05, 0.1) is 11.1 Å². The molecule has 4 rings (SSSR count). The van der Waals surface area contributed by atoms with Crippen LogP contribution in [0.1, 0.15) is 36.0 Å². The fourth-order valence-electron chi connectivity index (χ4n) is 3.61. The molecule has 5 nitrogen and oxygen atoms in total. The highest BCUT2D eigenvalue weighted by atomic mass is 16.1. The summed E-state index contributed by atoms with van der Waals surface area (Å²) in [5.41, 5.74) is 2.05. The van der Waals surface area contributed by atoms with Crippen LogP contribution in [0.5, 0.6) is 0 Å². The first kappa shape index (κ1) is 12.7. The molecule has 1 aromatic heterocycles. The van der Waals surface area contributed by atoms with Crippen LogP contribution in [0, 0.1) is 0 Å². The predicted molar refractivity (Wildman–Crippen MR) is 80.0 cm³/mol. The van der Waals surface area contributed by atoms with Crippen LogP contribution < -0.4 is 10.6 Å². The van der Waals surface area contributed by atoms with Gasteiger partial charge in [-0.2, -0.15) is 0 Å². The third-order valence-electron chi connectivity index (χ3n) is 4.55. The van der Waals surface area contributed by atoms with Crippen molar-refractivity contribution in [3.8, 4) is 0 Å². The second kappa shape index (κ2) is 5.07. The zero-order valence-corrected chi connectivity index (χ0v) is 11.7. The summed E-state index contributed by atoms with van der Waals surface area (Å²) in [6, 6.07) is 6.97. The molecule has 2 bridgehead atoms. The summed E-state index contributed by atoms with van der Waals surface area (Å²) in [4.78, 5) is 21.1. The van der Waals surface area contributed by atoms with Crippen molar-refractivity contribution >= 4 is 16.9 Å². The lowest BCUT2D eigenvalue weighted by atomic mass is 9.99. The molecule has 2 atom stereocenters. The summed E-state index contributed by atoms with van der Waals surface area (Å²) in [6.45, 7) is 0. The fourth-order valence-corrected chi connectivity index (χ4v) is 3.61. The standard InChI is InChI=1S/C16H18N4O/c21-16(20-12-8-10-4-5-11(9-12)19-10)13-2-1-3-14-15(13)18-7-6-17-14/h1-3,6-7,10-12,19H,4-5,8-9H2,(H,20,21). The molecule has 2 fully saturated rings. The van der Waals surface area contributed by atoms with Gasteiger partial charge in [-0.1, -0.05) is 6.07 Å². The van der Waals surface area contributed by atoms with Crippen LogP contribution in [0.3, 0.4) is 0 Å². The summed E-state index contributed by atoms with van der Waals surface area (Å²) in [5, 5.41) is 6.77. The van der Waals surface area contributed by atoms with Gasteiger partial charge in [0, 0.05) is 30.5 Å². The highest BCUT2D eigenvalue weighted by Gasteiger charge is 2.34. The van der Waals surface area contributed by atoms with Gasteiger partial charge < -0.3 is 10.6 Å². The third-order valence-corrected chi connectivity index (χ3v) is 4.55. The lowest BCUT2D eigenvalue weighted by Crippen LogP contribution is -2.48. The Morgan fingerprint density at radius 3 is 2.71 bits per heavy atom. The molecular formula is C16H18N4O. The molecule has 0 spiro atoms. The van der Waals surface area contributed by atoms with Crippen molar-refractivity contribution in [2.75, 3.05) is 0 Å². The first-order valence-corrected chi connectivity index (χ1v) is 7.56. The summed E-state index contributed by atoms with van der Waals surface area (Å²) >= 11 is 0. The first-order chi connectivity index (χ1) is 10.3. The van der Waals surface area contributed by atoms with Gasteiger partial charge in [-0.05, 0) is 37.8 Å². The van der Waals surface area contributed by atoms with E-state index in [1.165, 1.54) is 12.8 Å². The molecule has 2 aromatic rings. The van der Waals surface area contributed by atoms with Crippen LogP contribution in [-0.2, 0) is 0 Å². The van der Waals surface area contributed by atoms with Crippen molar-refractivity contribution in [1.29, 1.82) is 0 Å². The molecule has 21 heavy (non-hydrogen) atoms. The largest absolute Gasteiger partial charge is 0.349 e. The van der Waals surface area contributed by atoms with Gasteiger partial charge in [0.25, 0.3) is 5.91 Å². The molecule has 0 radical (unpaired) electrons. The third kappa shape index (κ3) is 2.38. The van der Waals surface area contributed by atoms with Gasteiger partial charge in [0.2, 0.25) is 0 Å². The summed E-state index contributed by atoms with van der Waals surface area (Å²) < 4.78 is 0. The van der Waals surface area contributed by atoms with E-state index in [4.69, 9.17) is 0 Å². The second-order valence-electron chi connectivity index (χ2n) is 6.01. The van der Waals surface area contributed by atoms with Gasteiger partial charge in [0.15, 0.2) is 0 Å². The van der Waals surface area contributed by atoms with E-state index in [0.717, 1.165) is 18.4 Å². The molecule has 1 aromatic carbocycles. The van der Waals surface area contributed by atoms with Crippen LogP contribution in [0.2, 0.25) is 0 Å². The van der Waals surface area contributed by atoms with Crippen molar-refractivity contribution in [2.24, 2.45) is 0 Å². The first-order valence-electron chi connectivity index (χ1n) is 7.56. The Hall–Kier alpha value is -2.01. The van der Waals surface area contributed by atoms with E-state index in [-0.39, 0.29) is 11.9 Å². The number of hydrogen-bond donors (Lipinski definition) is 2. The maximum absolute atomic E-state index is 12.6. The van der Waals surface area contributed by atoms with Crippen LogP contribution >= 0.6 is 0 Å². The molecule has 108 valence electrons. The number of hydrogen-bond acceptors (Lipinski definition) is 4. The number of piperidine rings is 1. The molecule has 2 N–H and O–H groups in total. The number of carbonyl (C=O) groups excluding carboxylic acids is 1. The molecular weight excluding hydrogens is 264 g/mol. The lowest BCUT2D eigenvalue weighted by molar-refractivity contribution is 0.0925. The number of carbonyl (C=O) groups is 1. The van der Waals surface area contributed by atoms with E-state index >= 15 is 0 Å². The summed E-state index contributed by atoms with van der Waals surface area (Å²) in [7, 11) is 0. The van der Waals surface area contributed by atoms with Crippen molar-refractivity contribution in [3.05, 3.63) is 36.2 Å². The number of benzene rings is 1. The number of rotatable bonds is 2. The van der Waals surface area contributed by atoms with Crippen LogP contribution in [0.4, 0.5) is 0 Å². The highest BCUT2D eigenvalue weighted by molar-refractivity contribution is 6.04. The van der Waals surface area contributed by atoms with Gasteiger partial charge in [-0.25, -0.2) is 0 Å². The van der Waals surface area contributed by atoms with E-state index < -0.39 is 0 Å². The predicted octanol–water partition coefficient (Wildman–Crippen LogP) is 1.64. The average Bonchev–Trinajstić information content (AvgIpc) is 2.85. The maximum Gasteiger partial charge on any atom is 0.253 e. The minimum atomic E-state index is -0.0348. The Bertz CT molecular complexity index is 670. The second-order valence-corrected chi connectivity index (χ2v) is 6.01. The van der Waals surface area contributed by atoms with Crippen molar-refractivity contribution < 1.29 is 4.79 Å². The number of fused-ring (bicyclic) bond motifs is 3. The zero-order valence-electron chi connectivity index (χ0n) is 11.7. The Labute approximate surface area is 123 Å². The Kier molecular flexibility index (Phi) is 3.07. The van der Waals surface area contributed by atoms with Gasteiger partial charge in [-0.3, -0.25) is 14.8 Å². The maximum atomic E-state index is 12.6. The van der Waals surface area contributed by atoms with Gasteiger partial charge >= 0.3 is 0 Å². The molecule has 5 heteroatoms. The molecule has 1 amide bonds. The van der Waals surface area contributed by atoms with Crippen molar-refractivity contribution in [1.82, 2.24) is 20.6 Å². The monoisotopic (exact) mass is 282 g/mol. The lowest BCUT2D eigenvalue weighted by Gasteiger charge is -2.29. The average molecular weight is 282 g/mol. The fraction of sp³-hybridized carbons (Fsp3) is 0.438. The molecule has 2 saturated heterocycles. The number of nitrogens with one attached hydrogen (secondary N) is 2. The van der Waals surface area contributed by atoms with Crippen LogP contribution in [0.15, 0.2) is 30.6 Å². The number of amides is 1. The summed E-state index contributed by atoms with van der Waals surface area (Å²) in [6.07, 6.45) is 7.79. The van der Waals surface area contributed by atoms with E-state index in [9.17, 15) is 4.79 Å². The molecule has 2 aliphatic rings. The molecule has 2 aliphatic heterocycles. The number of nitrogens with zero attached hydrogens (tertiary/aromatic N) is 2. The summed E-state index contributed by atoms with van der Waals surface area (Å²) in [5.74, 6) is -0.0348. The number of para-hydroxylation sites is 1. The van der Waals surface area contributed by atoms with Crippen LogP contribution in [-0.4, -0.2) is 34.0 Å². The molecule has 0 saturated carbocycles. The normalized spacial score (nSPS) is 27.7. The number of aromatic nitrogens is 2. The quantitative estimate of drug-likeness (QED) is 0.879. The Morgan fingerprint density at radius 1 is 1.14 bits per heavy atom. The van der Waals surface area contributed by atoms with E-state index in [0.29, 0.717) is 23.2 Å². The Balaban J connectivity index is 1.56. The van der Waals surface area contributed by atoms with Crippen molar-refractivity contribution in [2.45, 2.75) is 43.8 Å². The zero-order chi connectivity index (χ0) is 14.2. The minimum Gasteiger partial charge on any atom is -0.349 e. The van der Waals surface area contributed by atoms with Crippen molar-refractivity contribution in [3.63, 3.8) is 0 Å². The SMILES string of the molecule is O=C(NC1CC2CCC(C1)N2)c1cccc2nccnc12. The van der Waals surface area contributed by atoms with Gasteiger partial charge in [-0.15, -0.1) is 0 Å². The Morgan fingerprint density at radius 2 is 1.90 bits per heavy atom. The van der Waals surface area contributed by atoms with E-state index in [1.54, 1.807) is 12.4 Å². The smallest absolute Gasteiger partial charge is 0.253 e. The molecule has 0 aliphatic carbocycles. The molecule has 3 heterocycles. The van der Waals surface area contributed by atoms with Gasteiger partial charge in [0.1, 0.15) is 5.52 Å². The van der Waals surface area contributed by atoms with E-state index in [2.05, 4.69) is 20.6 Å². The molecule has 2 unspecified atom stereocenters. The van der Waals surface area contributed by atoms with E-state index in [1.807, 2.05) is 18.2 Å². The minimum absolute atomic E-state index is 0.0348.